The number of amides is 2. The molecular formula is C39H35N3O4. The molecule has 46 heavy (non-hydrogen) atoms. The van der Waals surface area contributed by atoms with Gasteiger partial charge in [-0.3, -0.25) is 9.59 Å². The number of fused-ring (bicyclic) bond motifs is 1. The highest BCUT2D eigenvalue weighted by atomic mass is 16.5. The molecule has 2 atom stereocenters. The van der Waals surface area contributed by atoms with Crippen LogP contribution in [0.15, 0.2) is 116 Å². The maximum Gasteiger partial charge on any atom is 0.337 e. The lowest BCUT2D eigenvalue weighted by Gasteiger charge is -2.32. The van der Waals surface area contributed by atoms with Gasteiger partial charge in [-0.05, 0) is 94.6 Å². The molecule has 1 aliphatic heterocycles. The van der Waals surface area contributed by atoms with Crippen LogP contribution in [0.25, 0.3) is 16.8 Å². The van der Waals surface area contributed by atoms with E-state index in [1.807, 2.05) is 101 Å². The van der Waals surface area contributed by atoms with Crippen molar-refractivity contribution in [3.8, 4) is 16.8 Å². The van der Waals surface area contributed by atoms with E-state index in [4.69, 9.17) is 4.74 Å². The van der Waals surface area contributed by atoms with Crippen LogP contribution in [0, 0.1) is 5.92 Å². The highest BCUT2D eigenvalue weighted by molar-refractivity contribution is 5.95. The van der Waals surface area contributed by atoms with Gasteiger partial charge in [0.15, 0.2) is 0 Å². The first-order valence-corrected chi connectivity index (χ1v) is 15.7. The molecule has 1 saturated carbocycles. The molecule has 7 heteroatoms. The average molecular weight is 610 g/mol. The summed E-state index contributed by atoms with van der Waals surface area (Å²) >= 11 is 0. The van der Waals surface area contributed by atoms with Gasteiger partial charge in [0.2, 0.25) is 5.91 Å². The molecule has 7 nitrogen and oxygen atoms in total. The van der Waals surface area contributed by atoms with E-state index >= 15 is 0 Å². The largest absolute Gasteiger partial charge is 0.465 e. The van der Waals surface area contributed by atoms with Crippen LogP contribution in [0.3, 0.4) is 0 Å². The summed E-state index contributed by atoms with van der Waals surface area (Å²) in [5.41, 5.74) is 8.34. The maximum absolute atomic E-state index is 13.9. The van der Waals surface area contributed by atoms with Crippen molar-refractivity contribution in [2.24, 2.45) is 5.92 Å². The fourth-order valence-electron chi connectivity index (χ4n) is 6.64. The first-order valence-electron chi connectivity index (χ1n) is 15.7. The van der Waals surface area contributed by atoms with Crippen LogP contribution in [0.4, 0.5) is 0 Å². The number of benzene rings is 4. The predicted octanol–water partition coefficient (Wildman–Crippen LogP) is 6.55. The smallest absolute Gasteiger partial charge is 0.337 e. The lowest BCUT2D eigenvalue weighted by Crippen LogP contribution is -2.37. The number of hydrogen-bond acceptors (Lipinski definition) is 4. The molecule has 1 aromatic heterocycles. The molecule has 5 aromatic rings. The molecule has 0 unspecified atom stereocenters. The first kappa shape index (κ1) is 29.3. The monoisotopic (exact) mass is 609 g/mol. The van der Waals surface area contributed by atoms with E-state index in [1.54, 1.807) is 6.07 Å². The number of hydrogen-bond donors (Lipinski definition) is 1. The van der Waals surface area contributed by atoms with Crippen molar-refractivity contribution in [1.29, 1.82) is 0 Å². The van der Waals surface area contributed by atoms with E-state index < -0.39 is 0 Å². The molecule has 0 radical (unpaired) electrons. The summed E-state index contributed by atoms with van der Waals surface area (Å²) in [7, 11) is 1.38. The van der Waals surface area contributed by atoms with Crippen molar-refractivity contribution in [3.63, 3.8) is 0 Å². The normalized spacial score (nSPS) is 16.8. The Morgan fingerprint density at radius 2 is 1.61 bits per heavy atom. The van der Waals surface area contributed by atoms with Gasteiger partial charge in [-0.1, -0.05) is 60.7 Å². The summed E-state index contributed by atoms with van der Waals surface area (Å²) in [4.78, 5) is 41.3. The van der Waals surface area contributed by atoms with E-state index in [-0.39, 0.29) is 29.6 Å². The third-order valence-electron chi connectivity index (χ3n) is 9.19. The minimum atomic E-state index is -0.386. The lowest BCUT2D eigenvalue weighted by molar-refractivity contribution is -0.122. The fraction of sp³-hybridized carbons (Fsp3) is 0.205. The van der Waals surface area contributed by atoms with Crippen molar-refractivity contribution in [3.05, 3.63) is 149 Å². The van der Waals surface area contributed by atoms with Gasteiger partial charge in [-0.2, -0.15) is 0 Å². The predicted molar refractivity (Wildman–Crippen MR) is 177 cm³/mol. The van der Waals surface area contributed by atoms with E-state index in [9.17, 15) is 14.4 Å². The van der Waals surface area contributed by atoms with Gasteiger partial charge in [0.05, 0.1) is 12.7 Å². The van der Waals surface area contributed by atoms with Crippen molar-refractivity contribution < 1.29 is 19.1 Å². The van der Waals surface area contributed by atoms with Gasteiger partial charge >= 0.3 is 5.97 Å². The van der Waals surface area contributed by atoms with Crippen LogP contribution in [0.2, 0.25) is 0 Å². The van der Waals surface area contributed by atoms with Crippen LogP contribution >= 0.6 is 0 Å². The average Bonchev–Trinajstić information content (AvgIpc) is 3.73. The number of rotatable bonds is 8. The molecule has 0 bridgehead atoms. The Morgan fingerprint density at radius 1 is 0.826 bits per heavy atom. The molecule has 1 aliphatic carbocycles. The van der Waals surface area contributed by atoms with E-state index in [0.29, 0.717) is 37.2 Å². The highest BCUT2D eigenvalue weighted by Crippen LogP contribution is 2.47. The van der Waals surface area contributed by atoms with Crippen molar-refractivity contribution in [1.82, 2.24) is 14.8 Å². The number of nitrogens with one attached hydrogen (secondary N) is 1. The van der Waals surface area contributed by atoms with Crippen LogP contribution in [0.5, 0.6) is 0 Å². The summed E-state index contributed by atoms with van der Waals surface area (Å²) in [6.07, 6.45) is 5.42. The summed E-state index contributed by atoms with van der Waals surface area (Å²) in [6.45, 7) is 1.36. The summed E-state index contributed by atoms with van der Waals surface area (Å²) < 4.78 is 6.95. The number of ether oxygens (including phenoxy) is 1. The Bertz CT molecular complexity index is 1920. The standard InChI is InChI=1S/C39H35N3O4/c1-46-39(45)29-13-7-11-27(21-29)32-16-15-30(24-40-37(43)35-23-34(35)26-9-3-2-4-10-26)36-25-42(20-17-33(32)36)38(44)28-12-8-14-31(22-28)41-18-5-6-19-41/h2-16,18-19,21-22,34-35H,17,20,23-25H2,1H3,(H,40,43)/t34-,35-/m1/s1. The van der Waals surface area contributed by atoms with Gasteiger partial charge in [-0.15, -0.1) is 0 Å². The fourth-order valence-corrected chi connectivity index (χ4v) is 6.64. The zero-order valence-corrected chi connectivity index (χ0v) is 25.7. The number of methoxy groups -OCH3 is 1. The van der Waals surface area contributed by atoms with Gasteiger partial charge in [0, 0.05) is 49.2 Å². The molecule has 230 valence electrons. The van der Waals surface area contributed by atoms with Crippen molar-refractivity contribution in [2.45, 2.75) is 31.8 Å². The maximum atomic E-state index is 13.9. The second-order valence-corrected chi connectivity index (χ2v) is 12.0. The van der Waals surface area contributed by atoms with E-state index in [1.165, 1.54) is 12.7 Å². The Morgan fingerprint density at radius 3 is 2.41 bits per heavy atom. The second kappa shape index (κ2) is 12.5. The Hall–Kier alpha value is -5.43. The van der Waals surface area contributed by atoms with Crippen molar-refractivity contribution in [2.75, 3.05) is 13.7 Å². The van der Waals surface area contributed by atoms with E-state index in [2.05, 4.69) is 23.5 Å². The molecule has 1 N–H and O–H groups in total. The molecular weight excluding hydrogens is 574 g/mol. The third kappa shape index (κ3) is 5.84. The summed E-state index contributed by atoms with van der Waals surface area (Å²) in [5.74, 6) is -0.124. The van der Waals surface area contributed by atoms with E-state index in [0.717, 1.165) is 39.9 Å². The van der Waals surface area contributed by atoms with Crippen LogP contribution in [-0.2, 0) is 29.0 Å². The minimum absolute atomic E-state index is 0.0239. The number of esters is 1. The Labute approximate surface area is 268 Å². The van der Waals surface area contributed by atoms with Crippen LogP contribution in [0.1, 0.15) is 55.3 Å². The van der Waals surface area contributed by atoms with Crippen LogP contribution < -0.4 is 5.32 Å². The molecule has 2 heterocycles. The molecule has 4 aromatic carbocycles. The van der Waals surface area contributed by atoms with Gasteiger partial charge in [0.1, 0.15) is 0 Å². The zero-order chi connectivity index (χ0) is 31.6. The molecule has 2 aliphatic rings. The van der Waals surface area contributed by atoms with Crippen LogP contribution in [-0.4, -0.2) is 40.9 Å². The molecule has 0 spiro atoms. The topological polar surface area (TPSA) is 80.6 Å². The molecule has 7 rings (SSSR count). The quantitative estimate of drug-likeness (QED) is 0.202. The highest BCUT2D eigenvalue weighted by Gasteiger charge is 2.43. The SMILES string of the molecule is COC(=O)c1cccc(-c2ccc(CNC(=O)[C@@H]3C[C@@H]3c3ccccc3)c3c2CCN(C(=O)c2cccc(-n4cccc4)c2)C3)c1. The van der Waals surface area contributed by atoms with Gasteiger partial charge < -0.3 is 19.5 Å². The van der Waals surface area contributed by atoms with Gasteiger partial charge in [0.25, 0.3) is 5.91 Å². The number of nitrogens with zero attached hydrogens (tertiary/aromatic N) is 2. The molecule has 0 saturated heterocycles. The summed E-state index contributed by atoms with van der Waals surface area (Å²) in [6, 6.07) is 33.3. The minimum Gasteiger partial charge on any atom is -0.465 e. The van der Waals surface area contributed by atoms with Gasteiger partial charge in [-0.25, -0.2) is 4.79 Å². The Balaban J connectivity index is 1.17. The molecule has 2 amide bonds. The van der Waals surface area contributed by atoms with Crippen molar-refractivity contribution >= 4 is 17.8 Å². The lowest BCUT2D eigenvalue weighted by atomic mass is 9.87. The number of aromatic nitrogens is 1. The zero-order valence-electron chi connectivity index (χ0n) is 25.7. The first-order chi connectivity index (χ1) is 22.5. The second-order valence-electron chi connectivity index (χ2n) is 12.0. The molecule has 1 fully saturated rings. The Kier molecular flexibility index (Phi) is 7.97. The number of carbonyl (C=O) groups excluding carboxylic acids is 3. The summed E-state index contributed by atoms with van der Waals surface area (Å²) in [5, 5.41) is 3.19. The number of carbonyl (C=O) groups is 3. The third-order valence-corrected chi connectivity index (χ3v) is 9.19.